The zero-order valence-electron chi connectivity index (χ0n) is 11.8. The van der Waals surface area contributed by atoms with Crippen molar-refractivity contribution in [1.29, 1.82) is 5.41 Å². The Hall–Kier alpha value is -2.19. The van der Waals surface area contributed by atoms with Crippen LogP contribution in [0, 0.1) is 12.3 Å². The quantitative estimate of drug-likeness (QED) is 0.629. The van der Waals surface area contributed by atoms with Gasteiger partial charge in [-0.15, -0.1) is 0 Å². The SMILES string of the molecule is Cc1ccc(-n2ccc(C(C)(C)C)n2)cc1.N=C=O. The molecule has 0 aliphatic heterocycles. The Morgan fingerprint density at radius 3 is 2.11 bits per heavy atom. The van der Waals surface area contributed by atoms with Crippen molar-refractivity contribution in [2.75, 3.05) is 0 Å². The molecule has 1 aromatic heterocycles. The maximum atomic E-state index is 8.35. The molecule has 0 fully saturated rings. The molecule has 0 aliphatic rings. The Morgan fingerprint density at radius 2 is 1.68 bits per heavy atom. The topological polar surface area (TPSA) is 58.7 Å². The lowest BCUT2D eigenvalue weighted by Crippen LogP contribution is -2.12. The summed E-state index contributed by atoms with van der Waals surface area (Å²) in [6, 6.07) is 10.5. The van der Waals surface area contributed by atoms with Crippen molar-refractivity contribution in [3.63, 3.8) is 0 Å². The molecule has 1 heterocycles. The van der Waals surface area contributed by atoms with Crippen LogP contribution in [-0.4, -0.2) is 15.9 Å². The number of nitrogens with zero attached hydrogens (tertiary/aromatic N) is 2. The van der Waals surface area contributed by atoms with Gasteiger partial charge in [-0.1, -0.05) is 38.5 Å². The first-order chi connectivity index (χ1) is 8.88. The highest BCUT2D eigenvalue weighted by atomic mass is 16.1. The Bertz CT molecular complexity index is 556. The largest absolute Gasteiger partial charge is 0.241 e. The fraction of sp³-hybridized carbons (Fsp3) is 0.333. The molecule has 19 heavy (non-hydrogen) atoms. The first-order valence-corrected chi connectivity index (χ1v) is 6.05. The summed E-state index contributed by atoms with van der Waals surface area (Å²) >= 11 is 0. The Balaban J connectivity index is 0.000000550. The van der Waals surface area contributed by atoms with Crippen molar-refractivity contribution in [2.24, 2.45) is 0 Å². The average molecular weight is 257 g/mol. The number of aryl methyl sites for hydroxylation is 1. The van der Waals surface area contributed by atoms with Crippen molar-refractivity contribution < 1.29 is 4.79 Å². The van der Waals surface area contributed by atoms with Gasteiger partial charge in [0.2, 0.25) is 6.08 Å². The van der Waals surface area contributed by atoms with Crippen molar-refractivity contribution in [3.05, 3.63) is 47.8 Å². The molecule has 0 saturated heterocycles. The summed E-state index contributed by atoms with van der Waals surface area (Å²) in [6.45, 7) is 8.62. The van der Waals surface area contributed by atoms with Crippen LogP contribution in [0.15, 0.2) is 36.5 Å². The molecule has 0 aliphatic carbocycles. The normalized spacial score (nSPS) is 10.3. The minimum absolute atomic E-state index is 0.107. The van der Waals surface area contributed by atoms with Gasteiger partial charge < -0.3 is 0 Å². The fourth-order valence-electron chi connectivity index (χ4n) is 1.57. The van der Waals surface area contributed by atoms with Gasteiger partial charge >= 0.3 is 0 Å². The van der Waals surface area contributed by atoms with E-state index in [1.165, 1.54) is 5.56 Å². The molecule has 0 atom stereocenters. The van der Waals surface area contributed by atoms with Crippen LogP contribution >= 0.6 is 0 Å². The molecule has 100 valence electrons. The Labute approximate surface area is 113 Å². The van der Waals surface area contributed by atoms with E-state index in [2.05, 4.69) is 63.1 Å². The molecule has 0 saturated carbocycles. The van der Waals surface area contributed by atoms with Gasteiger partial charge in [0, 0.05) is 11.6 Å². The maximum Gasteiger partial charge on any atom is 0.231 e. The van der Waals surface area contributed by atoms with Gasteiger partial charge in [-0.05, 0) is 25.1 Å². The molecule has 0 radical (unpaired) electrons. The number of isocyanates is 1. The van der Waals surface area contributed by atoms with Crippen molar-refractivity contribution in [2.45, 2.75) is 33.1 Å². The minimum atomic E-state index is 0.107. The zero-order chi connectivity index (χ0) is 14.5. The van der Waals surface area contributed by atoms with Gasteiger partial charge in [0.05, 0.1) is 11.4 Å². The van der Waals surface area contributed by atoms with E-state index >= 15 is 0 Å². The van der Waals surface area contributed by atoms with E-state index in [0.717, 1.165) is 17.5 Å². The molecular formula is C15H19N3O. The predicted octanol–water partition coefficient (Wildman–Crippen LogP) is 3.38. The standard InChI is InChI=1S/C14H18N2.CHNO/c1-11-5-7-12(8-6-11)16-10-9-13(15-16)14(2,3)4;2-1-3/h5-10H,1-4H3;2H. The highest BCUT2D eigenvalue weighted by Gasteiger charge is 2.16. The summed E-state index contributed by atoms with van der Waals surface area (Å²) < 4.78 is 1.93. The summed E-state index contributed by atoms with van der Waals surface area (Å²) in [5, 5.41) is 10.0. The van der Waals surface area contributed by atoms with E-state index in [9.17, 15) is 0 Å². The monoisotopic (exact) mass is 257 g/mol. The smallest absolute Gasteiger partial charge is 0.231 e. The number of carbonyl (C=O) groups excluding carboxylic acids is 1. The highest BCUT2D eigenvalue weighted by Crippen LogP contribution is 2.20. The van der Waals surface area contributed by atoms with Crippen molar-refractivity contribution >= 4 is 6.08 Å². The fourth-order valence-corrected chi connectivity index (χ4v) is 1.57. The number of benzene rings is 1. The van der Waals surface area contributed by atoms with Crippen LogP contribution in [0.25, 0.3) is 5.69 Å². The number of hydrogen-bond donors (Lipinski definition) is 1. The summed E-state index contributed by atoms with van der Waals surface area (Å²) in [5.41, 5.74) is 3.61. The van der Waals surface area contributed by atoms with Crippen LogP contribution in [0.3, 0.4) is 0 Å². The van der Waals surface area contributed by atoms with E-state index in [0.29, 0.717) is 0 Å². The highest BCUT2D eigenvalue weighted by molar-refractivity contribution is 5.34. The Morgan fingerprint density at radius 1 is 1.16 bits per heavy atom. The second kappa shape index (κ2) is 6.12. The molecule has 0 bridgehead atoms. The lowest BCUT2D eigenvalue weighted by atomic mass is 9.93. The molecule has 1 aromatic carbocycles. The molecule has 2 rings (SSSR count). The molecule has 1 N–H and O–H groups in total. The van der Waals surface area contributed by atoms with Gasteiger partial charge in [0.1, 0.15) is 0 Å². The third-order valence-corrected chi connectivity index (χ3v) is 2.66. The summed E-state index contributed by atoms with van der Waals surface area (Å²) in [6.07, 6.45) is 2.77. The van der Waals surface area contributed by atoms with E-state index in [1.807, 2.05) is 10.9 Å². The van der Waals surface area contributed by atoms with E-state index < -0.39 is 0 Å². The van der Waals surface area contributed by atoms with Gasteiger partial charge in [0.25, 0.3) is 0 Å². The van der Waals surface area contributed by atoms with E-state index in [4.69, 9.17) is 10.2 Å². The summed E-state index contributed by atoms with van der Waals surface area (Å²) in [7, 11) is 0. The van der Waals surface area contributed by atoms with Gasteiger partial charge in [-0.3, -0.25) is 0 Å². The second-order valence-electron chi connectivity index (χ2n) is 5.33. The molecule has 2 aromatic rings. The number of nitrogens with one attached hydrogen (secondary N) is 1. The second-order valence-corrected chi connectivity index (χ2v) is 5.33. The van der Waals surface area contributed by atoms with Crippen molar-refractivity contribution in [1.82, 2.24) is 9.78 Å². The predicted molar refractivity (Wildman–Crippen MR) is 75.4 cm³/mol. The van der Waals surface area contributed by atoms with Gasteiger partial charge in [-0.2, -0.15) is 5.10 Å². The molecule has 4 nitrogen and oxygen atoms in total. The van der Waals surface area contributed by atoms with Crippen LogP contribution in [0.1, 0.15) is 32.0 Å². The molecular weight excluding hydrogens is 238 g/mol. The van der Waals surface area contributed by atoms with E-state index in [1.54, 1.807) is 0 Å². The number of hydrogen-bond acceptors (Lipinski definition) is 3. The average Bonchev–Trinajstić information content (AvgIpc) is 2.80. The van der Waals surface area contributed by atoms with Crippen LogP contribution in [0.4, 0.5) is 0 Å². The minimum Gasteiger partial charge on any atom is -0.241 e. The van der Waals surface area contributed by atoms with Gasteiger partial charge in [-0.25, -0.2) is 14.9 Å². The third-order valence-electron chi connectivity index (χ3n) is 2.66. The number of rotatable bonds is 1. The zero-order valence-corrected chi connectivity index (χ0v) is 11.8. The third kappa shape index (κ3) is 4.19. The molecule has 0 amide bonds. The molecule has 0 spiro atoms. The van der Waals surface area contributed by atoms with Gasteiger partial charge in [0.15, 0.2) is 0 Å². The first kappa shape index (κ1) is 14.9. The lowest BCUT2D eigenvalue weighted by molar-refractivity contribution is 0.560. The van der Waals surface area contributed by atoms with Crippen LogP contribution in [0.2, 0.25) is 0 Å². The molecule has 0 unspecified atom stereocenters. The first-order valence-electron chi connectivity index (χ1n) is 6.05. The maximum absolute atomic E-state index is 8.35. The van der Waals surface area contributed by atoms with Crippen LogP contribution in [-0.2, 0) is 10.2 Å². The lowest BCUT2D eigenvalue weighted by Gasteiger charge is -2.14. The summed E-state index contributed by atoms with van der Waals surface area (Å²) in [5.74, 6) is 0. The van der Waals surface area contributed by atoms with Crippen molar-refractivity contribution in [3.8, 4) is 5.69 Å². The van der Waals surface area contributed by atoms with Crippen LogP contribution < -0.4 is 0 Å². The Kier molecular flexibility index (Phi) is 4.79. The van der Waals surface area contributed by atoms with Crippen LogP contribution in [0.5, 0.6) is 0 Å². The van der Waals surface area contributed by atoms with E-state index in [-0.39, 0.29) is 5.41 Å². The molecule has 4 heteroatoms. The number of aromatic nitrogens is 2. The summed E-state index contributed by atoms with van der Waals surface area (Å²) in [4.78, 5) is 8.35.